The third-order valence-corrected chi connectivity index (χ3v) is 4.95. The fourth-order valence-corrected chi connectivity index (χ4v) is 3.27. The van der Waals surface area contributed by atoms with E-state index in [9.17, 15) is 4.79 Å². The van der Waals surface area contributed by atoms with Crippen molar-refractivity contribution >= 4 is 24.4 Å². The number of hydrogen-bond acceptors (Lipinski definition) is 4. The zero-order chi connectivity index (χ0) is 18.4. The van der Waals surface area contributed by atoms with Gasteiger partial charge in [-0.25, -0.2) is 5.01 Å². The molecule has 0 atom stereocenters. The highest BCUT2D eigenvalue weighted by atomic mass is 32.2. The molecule has 0 bridgehead atoms. The van der Waals surface area contributed by atoms with Gasteiger partial charge < -0.3 is 0 Å². The number of aryl methyl sites for hydroxylation is 2. The molecule has 5 nitrogen and oxygen atoms in total. The van der Waals surface area contributed by atoms with Gasteiger partial charge in [-0.2, -0.15) is 10.2 Å². The number of nitrogens with one attached hydrogen (secondary N) is 1. The fourth-order valence-electron chi connectivity index (χ4n) is 2.38. The first-order chi connectivity index (χ1) is 12.7. The maximum Gasteiger partial charge on any atom is 0.230 e. The molecule has 3 aromatic rings. The van der Waals surface area contributed by atoms with Crippen LogP contribution >= 0.6 is 11.8 Å². The lowest BCUT2D eigenvalue weighted by atomic mass is 10.1. The third kappa shape index (κ3) is 4.61. The lowest BCUT2D eigenvalue weighted by Crippen LogP contribution is -2.16. The normalized spacial score (nSPS) is 11.0. The molecule has 0 unspecified atom stereocenters. The third-order valence-electron chi connectivity index (χ3n) is 3.95. The van der Waals surface area contributed by atoms with E-state index in [2.05, 4.69) is 45.6 Å². The van der Waals surface area contributed by atoms with E-state index < -0.39 is 0 Å². The van der Waals surface area contributed by atoms with Gasteiger partial charge in [-0.05, 0) is 54.8 Å². The quantitative estimate of drug-likeness (QED) is 0.389. The minimum Gasteiger partial charge on any atom is -0.280 e. The minimum atomic E-state index is 0.364. The summed E-state index contributed by atoms with van der Waals surface area (Å²) in [6.07, 6.45) is 4.18. The molecule has 0 saturated heterocycles. The maximum atomic E-state index is 11.3. The van der Waals surface area contributed by atoms with Gasteiger partial charge in [-0.15, -0.1) is 0 Å². The largest absolute Gasteiger partial charge is 0.280 e. The van der Waals surface area contributed by atoms with E-state index in [1.807, 2.05) is 32.0 Å². The zero-order valence-electron chi connectivity index (χ0n) is 14.7. The minimum absolute atomic E-state index is 0.364. The second kappa shape index (κ2) is 8.49. The van der Waals surface area contributed by atoms with E-state index in [-0.39, 0.29) is 0 Å². The average Bonchev–Trinajstić information content (AvgIpc) is 3.06. The number of H-pyrrole nitrogens is 1. The SMILES string of the molecule is Cc1ccc(Sc2ccccc2)cc1/C=N\N(C=O)Cc1[nH]ncc1C. The number of rotatable bonds is 7. The molecule has 3 rings (SSSR count). The van der Waals surface area contributed by atoms with Crippen LogP contribution in [0.15, 0.2) is 69.6 Å². The van der Waals surface area contributed by atoms with Crippen LogP contribution in [0.5, 0.6) is 0 Å². The van der Waals surface area contributed by atoms with Gasteiger partial charge in [0.2, 0.25) is 6.41 Å². The van der Waals surface area contributed by atoms with Gasteiger partial charge in [0.25, 0.3) is 0 Å². The highest BCUT2D eigenvalue weighted by Crippen LogP contribution is 2.28. The number of benzene rings is 2. The molecule has 0 spiro atoms. The Kier molecular flexibility index (Phi) is 5.86. The summed E-state index contributed by atoms with van der Waals surface area (Å²) in [5.74, 6) is 0. The van der Waals surface area contributed by atoms with Gasteiger partial charge in [-0.1, -0.05) is 36.0 Å². The molecule has 1 N–H and O–H groups in total. The number of carbonyl (C=O) groups excluding carboxylic acids is 1. The predicted octanol–water partition coefficient (Wildman–Crippen LogP) is 4.17. The fraction of sp³-hybridized carbons (Fsp3) is 0.150. The van der Waals surface area contributed by atoms with Crippen molar-refractivity contribution in [2.75, 3.05) is 0 Å². The summed E-state index contributed by atoms with van der Waals surface area (Å²) in [7, 11) is 0. The van der Waals surface area contributed by atoms with Crippen LogP contribution in [-0.4, -0.2) is 27.8 Å². The maximum absolute atomic E-state index is 11.3. The van der Waals surface area contributed by atoms with E-state index in [0.717, 1.165) is 27.3 Å². The Labute approximate surface area is 157 Å². The molecule has 0 aliphatic rings. The van der Waals surface area contributed by atoms with Crippen LogP contribution < -0.4 is 0 Å². The van der Waals surface area contributed by atoms with Crippen molar-refractivity contribution < 1.29 is 4.79 Å². The number of nitrogens with zero attached hydrogens (tertiary/aromatic N) is 3. The molecule has 0 radical (unpaired) electrons. The molecule has 2 aromatic carbocycles. The van der Waals surface area contributed by atoms with Crippen molar-refractivity contribution in [3.63, 3.8) is 0 Å². The van der Waals surface area contributed by atoms with Crippen LogP contribution in [-0.2, 0) is 11.3 Å². The zero-order valence-corrected chi connectivity index (χ0v) is 15.5. The lowest BCUT2D eigenvalue weighted by Gasteiger charge is -2.11. The van der Waals surface area contributed by atoms with Crippen LogP contribution in [0.2, 0.25) is 0 Å². The van der Waals surface area contributed by atoms with Crippen LogP contribution in [0.3, 0.4) is 0 Å². The van der Waals surface area contributed by atoms with Crippen molar-refractivity contribution in [1.82, 2.24) is 15.2 Å². The van der Waals surface area contributed by atoms with Gasteiger partial charge in [0, 0.05) is 9.79 Å². The molecule has 1 heterocycles. The average molecular weight is 364 g/mol. The second-order valence-corrected chi connectivity index (χ2v) is 7.06. The number of carbonyl (C=O) groups is 1. The standard InChI is InChI=1S/C20H20N4OS/c1-15-8-9-19(26-18-6-4-3-5-7-18)10-17(15)12-22-24(14-25)13-20-16(2)11-21-23-20/h3-12,14H,13H2,1-2H3,(H,21,23)/b22-12-. The molecule has 1 aromatic heterocycles. The van der Waals surface area contributed by atoms with E-state index in [4.69, 9.17) is 0 Å². The van der Waals surface area contributed by atoms with Gasteiger partial charge >= 0.3 is 0 Å². The van der Waals surface area contributed by atoms with E-state index in [1.54, 1.807) is 24.2 Å². The Hall–Kier alpha value is -2.86. The summed E-state index contributed by atoms with van der Waals surface area (Å²) in [6.45, 7) is 4.34. The van der Waals surface area contributed by atoms with Crippen molar-refractivity contribution in [3.05, 3.63) is 77.1 Å². The Morgan fingerprint density at radius 3 is 2.62 bits per heavy atom. The van der Waals surface area contributed by atoms with Crippen LogP contribution in [0.25, 0.3) is 0 Å². The van der Waals surface area contributed by atoms with Crippen LogP contribution in [0.1, 0.15) is 22.4 Å². The molecular formula is C20H20N4OS. The van der Waals surface area contributed by atoms with E-state index in [1.165, 1.54) is 9.90 Å². The Morgan fingerprint density at radius 2 is 1.92 bits per heavy atom. The molecule has 6 heteroatoms. The number of amides is 1. The number of hydrazone groups is 1. The molecule has 0 aliphatic carbocycles. The van der Waals surface area contributed by atoms with Gasteiger partial charge in [0.15, 0.2) is 0 Å². The molecule has 0 saturated carbocycles. The first-order valence-electron chi connectivity index (χ1n) is 8.24. The molecular weight excluding hydrogens is 344 g/mol. The Bertz CT molecular complexity index is 905. The molecule has 26 heavy (non-hydrogen) atoms. The molecule has 1 amide bonds. The molecule has 132 valence electrons. The van der Waals surface area contributed by atoms with Crippen molar-refractivity contribution in [1.29, 1.82) is 0 Å². The summed E-state index contributed by atoms with van der Waals surface area (Å²) >= 11 is 1.70. The van der Waals surface area contributed by atoms with Crippen LogP contribution in [0.4, 0.5) is 0 Å². The number of aromatic amines is 1. The van der Waals surface area contributed by atoms with E-state index >= 15 is 0 Å². The monoisotopic (exact) mass is 364 g/mol. The lowest BCUT2D eigenvalue weighted by molar-refractivity contribution is -0.118. The Balaban J connectivity index is 1.75. The topological polar surface area (TPSA) is 61.4 Å². The first kappa shape index (κ1) is 17.9. The van der Waals surface area contributed by atoms with Gasteiger partial charge in [0.05, 0.1) is 24.7 Å². The summed E-state index contributed by atoms with van der Waals surface area (Å²) < 4.78 is 0. The Morgan fingerprint density at radius 1 is 1.12 bits per heavy atom. The summed E-state index contributed by atoms with van der Waals surface area (Å²) in [6, 6.07) is 16.5. The van der Waals surface area contributed by atoms with Crippen molar-refractivity contribution in [3.8, 4) is 0 Å². The van der Waals surface area contributed by atoms with Crippen molar-refractivity contribution in [2.24, 2.45) is 5.10 Å². The second-order valence-electron chi connectivity index (χ2n) is 5.91. The summed E-state index contributed by atoms with van der Waals surface area (Å²) in [4.78, 5) is 13.6. The van der Waals surface area contributed by atoms with Crippen molar-refractivity contribution in [2.45, 2.75) is 30.2 Å². The summed E-state index contributed by atoms with van der Waals surface area (Å²) in [5.41, 5.74) is 3.97. The van der Waals surface area contributed by atoms with E-state index in [0.29, 0.717) is 13.0 Å². The van der Waals surface area contributed by atoms with Gasteiger partial charge in [0.1, 0.15) is 0 Å². The smallest absolute Gasteiger partial charge is 0.230 e. The summed E-state index contributed by atoms with van der Waals surface area (Å²) in [5, 5.41) is 12.5. The number of aromatic nitrogens is 2. The molecule has 0 aliphatic heterocycles. The molecule has 0 fully saturated rings. The predicted molar refractivity (Wildman–Crippen MR) is 104 cm³/mol. The first-order valence-corrected chi connectivity index (χ1v) is 9.05. The highest BCUT2D eigenvalue weighted by molar-refractivity contribution is 7.99. The number of hydrogen-bond donors (Lipinski definition) is 1. The highest BCUT2D eigenvalue weighted by Gasteiger charge is 2.06. The van der Waals surface area contributed by atoms with Crippen LogP contribution in [0, 0.1) is 13.8 Å². The van der Waals surface area contributed by atoms with Gasteiger partial charge in [-0.3, -0.25) is 9.89 Å².